The maximum Gasteiger partial charge on any atom is 0.120 e. The van der Waals surface area contributed by atoms with Gasteiger partial charge in [-0.1, -0.05) is 48.5 Å². The first kappa shape index (κ1) is 14.3. The normalized spacial score (nSPS) is 10.4. The van der Waals surface area contributed by atoms with Crippen LogP contribution in [0.1, 0.15) is 11.1 Å². The topological polar surface area (TPSA) is 48.1 Å². The molecule has 0 saturated carbocycles. The van der Waals surface area contributed by atoms with Crippen molar-refractivity contribution in [2.75, 3.05) is 0 Å². The molecule has 2 aromatic carbocycles. The Morgan fingerprint density at radius 1 is 0.864 bits per heavy atom. The molecule has 2 N–H and O–H groups in total. The molecule has 1 aromatic heterocycles. The number of aromatic nitrogens is 1. The standard InChI is InChI=1S/C19H18N2O/c20-12-16-9-10-19(21-13-16)17-7-4-8-18(11-17)22-14-15-5-2-1-3-6-15/h1-11,13H,12,14,20H2. The lowest BCUT2D eigenvalue weighted by atomic mass is 10.1. The lowest BCUT2D eigenvalue weighted by Gasteiger charge is -2.08. The Balaban J connectivity index is 1.74. The van der Waals surface area contributed by atoms with E-state index in [1.54, 1.807) is 0 Å². The van der Waals surface area contributed by atoms with E-state index in [0.717, 1.165) is 28.1 Å². The summed E-state index contributed by atoms with van der Waals surface area (Å²) in [5, 5.41) is 0. The van der Waals surface area contributed by atoms with Gasteiger partial charge in [0.1, 0.15) is 12.4 Å². The van der Waals surface area contributed by atoms with Crippen molar-refractivity contribution in [1.29, 1.82) is 0 Å². The van der Waals surface area contributed by atoms with Crippen LogP contribution < -0.4 is 10.5 Å². The van der Waals surface area contributed by atoms with Crippen molar-refractivity contribution >= 4 is 0 Å². The molecule has 3 rings (SSSR count). The molecule has 3 heteroatoms. The highest BCUT2D eigenvalue weighted by Crippen LogP contribution is 2.23. The third kappa shape index (κ3) is 3.51. The summed E-state index contributed by atoms with van der Waals surface area (Å²) in [5.41, 5.74) is 9.73. The van der Waals surface area contributed by atoms with E-state index in [-0.39, 0.29) is 0 Å². The molecule has 3 aromatic rings. The van der Waals surface area contributed by atoms with Crippen molar-refractivity contribution < 1.29 is 4.74 Å². The Bertz CT molecular complexity index is 724. The van der Waals surface area contributed by atoms with E-state index in [1.165, 1.54) is 0 Å². The maximum atomic E-state index is 5.85. The first-order chi connectivity index (χ1) is 10.8. The minimum Gasteiger partial charge on any atom is -0.489 e. The van der Waals surface area contributed by atoms with Crippen LogP contribution in [0.4, 0.5) is 0 Å². The molecule has 0 radical (unpaired) electrons. The van der Waals surface area contributed by atoms with Gasteiger partial charge < -0.3 is 10.5 Å². The fourth-order valence-electron chi connectivity index (χ4n) is 2.20. The van der Waals surface area contributed by atoms with Gasteiger partial charge in [0, 0.05) is 18.3 Å². The summed E-state index contributed by atoms with van der Waals surface area (Å²) in [4.78, 5) is 4.44. The van der Waals surface area contributed by atoms with Crippen molar-refractivity contribution in [3.05, 3.63) is 84.1 Å². The molecule has 0 spiro atoms. The number of pyridine rings is 1. The number of ether oxygens (including phenoxy) is 1. The summed E-state index contributed by atoms with van der Waals surface area (Å²) in [6, 6.07) is 22.1. The highest BCUT2D eigenvalue weighted by Gasteiger charge is 2.02. The van der Waals surface area contributed by atoms with Crippen LogP contribution in [0.5, 0.6) is 5.75 Å². The highest BCUT2D eigenvalue weighted by molar-refractivity contribution is 5.61. The number of hydrogen-bond acceptors (Lipinski definition) is 3. The first-order valence-corrected chi connectivity index (χ1v) is 7.27. The van der Waals surface area contributed by atoms with Gasteiger partial charge in [0.05, 0.1) is 5.69 Å². The lowest BCUT2D eigenvalue weighted by molar-refractivity contribution is 0.306. The Morgan fingerprint density at radius 3 is 2.45 bits per heavy atom. The fourth-order valence-corrected chi connectivity index (χ4v) is 2.20. The van der Waals surface area contributed by atoms with Crippen LogP contribution in [-0.2, 0) is 13.2 Å². The Morgan fingerprint density at radius 2 is 1.73 bits per heavy atom. The number of benzene rings is 2. The minimum absolute atomic E-state index is 0.507. The molecule has 0 unspecified atom stereocenters. The molecular weight excluding hydrogens is 272 g/mol. The van der Waals surface area contributed by atoms with Crippen LogP contribution in [0, 0.1) is 0 Å². The van der Waals surface area contributed by atoms with Crippen LogP contribution in [0.2, 0.25) is 0 Å². The van der Waals surface area contributed by atoms with Gasteiger partial charge in [-0.2, -0.15) is 0 Å². The minimum atomic E-state index is 0.507. The molecule has 22 heavy (non-hydrogen) atoms. The second-order valence-electron chi connectivity index (χ2n) is 5.06. The van der Waals surface area contributed by atoms with Gasteiger partial charge >= 0.3 is 0 Å². The fraction of sp³-hybridized carbons (Fsp3) is 0.105. The molecule has 0 aliphatic heterocycles. The highest BCUT2D eigenvalue weighted by atomic mass is 16.5. The largest absolute Gasteiger partial charge is 0.489 e. The van der Waals surface area contributed by atoms with Gasteiger partial charge in [-0.05, 0) is 29.3 Å². The van der Waals surface area contributed by atoms with E-state index in [4.69, 9.17) is 10.5 Å². The number of hydrogen-bond donors (Lipinski definition) is 1. The quantitative estimate of drug-likeness (QED) is 0.777. The molecule has 3 nitrogen and oxygen atoms in total. The van der Waals surface area contributed by atoms with Crippen LogP contribution >= 0.6 is 0 Å². The van der Waals surface area contributed by atoms with Crippen molar-refractivity contribution in [3.63, 3.8) is 0 Å². The summed E-state index contributed by atoms with van der Waals surface area (Å²) < 4.78 is 5.85. The third-order valence-corrected chi connectivity index (χ3v) is 3.44. The lowest BCUT2D eigenvalue weighted by Crippen LogP contribution is -1.97. The zero-order valence-corrected chi connectivity index (χ0v) is 12.3. The Hall–Kier alpha value is -2.65. The van der Waals surface area contributed by atoms with E-state index in [9.17, 15) is 0 Å². The Labute approximate surface area is 130 Å². The zero-order valence-electron chi connectivity index (χ0n) is 12.3. The van der Waals surface area contributed by atoms with E-state index < -0.39 is 0 Å². The van der Waals surface area contributed by atoms with Gasteiger partial charge in [0.2, 0.25) is 0 Å². The monoisotopic (exact) mass is 290 g/mol. The molecule has 1 heterocycles. The number of nitrogens with zero attached hydrogens (tertiary/aromatic N) is 1. The van der Waals surface area contributed by atoms with Crippen molar-refractivity contribution in [3.8, 4) is 17.0 Å². The summed E-state index contributed by atoms with van der Waals surface area (Å²) in [6.45, 7) is 1.07. The zero-order chi connectivity index (χ0) is 15.2. The van der Waals surface area contributed by atoms with Crippen molar-refractivity contribution in [2.45, 2.75) is 13.2 Å². The van der Waals surface area contributed by atoms with Gasteiger partial charge in [0.15, 0.2) is 0 Å². The van der Waals surface area contributed by atoms with E-state index in [0.29, 0.717) is 13.2 Å². The Kier molecular flexibility index (Phi) is 4.47. The van der Waals surface area contributed by atoms with E-state index in [2.05, 4.69) is 17.1 Å². The van der Waals surface area contributed by atoms with Gasteiger partial charge in [-0.25, -0.2) is 0 Å². The second-order valence-corrected chi connectivity index (χ2v) is 5.06. The summed E-state index contributed by atoms with van der Waals surface area (Å²) in [6.07, 6.45) is 1.81. The predicted octanol–water partition coefficient (Wildman–Crippen LogP) is 3.79. The molecule has 0 fully saturated rings. The van der Waals surface area contributed by atoms with Gasteiger partial charge in [-0.3, -0.25) is 4.98 Å². The van der Waals surface area contributed by atoms with Gasteiger partial charge in [0.25, 0.3) is 0 Å². The molecule has 110 valence electrons. The first-order valence-electron chi connectivity index (χ1n) is 7.27. The van der Waals surface area contributed by atoms with Crippen LogP contribution in [0.3, 0.4) is 0 Å². The van der Waals surface area contributed by atoms with Crippen LogP contribution in [-0.4, -0.2) is 4.98 Å². The average molecular weight is 290 g/mol. The molecule has 0 aliphatic carbocycles. The predicted molar refractivity (Wildman–Crippen MR) is 88.3 cm³/mol. The smallest absolute Gasteiger partial charge is 0.120 e. The van der Waals surface area contributed by atoms with Gasteiger partial charge in [-0.15, -0.1) is 0 Å². The van der Waals surface area contributed by atoms with Crippen molar-refractivity contribution in [2.24, 2.45) is 5.73 Å². The molecule has 0 aliphatic rings. The SMILES string of the molecule is NCc1ccc(-c2cccc(OCc3ccccc3)c2)nc1. The molecule has 0 amide bonds. The number of rotatable bonds is 5. The van der Waals surface area contributed by atoms with Crippen LogP contribution in [0.25, 0.3) is 11.3 Å². The average Bonchev–Trinajstić information content (AvgIpc) is 2.61. The van der Waals surface area contributed by atoms with Crippen LogP contribution in [0.15, 0.2) is 72.9 Å². The van der Waals surface area contributed by atoms with E-state index >= 15 is 0 Å². The summed E-state index contributed by atoms with van der Waals surface area (Å²) in [5.74, 6) is 0.839. The summed E-state index contributed by atoms with van der Waals surface area (Å²) >= 11 is 0. The molecule has 0 saturated heterocycles. The van der Waals surface area contributed by atoms with E-state index in [1.807, 2.05) is 60.8 Å². The molecular formula is C19H18N2O. The molecule has 0 bridgehead atoms. The third-order valence-electron chi connectivity index (χ3n) is 3.44. The summed E-state index contributed by atoms with van der Waals surface area (Å²) in [7, 11) is 0. The molecule has 0 atom stereocenters. The number of nitrogens with two attached hydrogens (primary N) is 1. The maximum absolute atomic E-state index is 5.85. The van der Waals surface area contributed by atoms with Crippen molar-refractivity contribution in [1.82, 2.24) is 4.98 Å². The second kappa shape index (κ2) is 6.87.